The van der Waals surface area contributed by atoms with Gasteiger partial charge in [-0.1, -0.05) is 13.8 Å². The number of nitrogens with one attached hydrogen (secondary N) is 1. The van der Waals surface area contributed by atoms with E-state index in [1.54, 1.807) is 11.3 Å². The van der Waals surface area contributed by atoms with Crippen molar-refractivity contribution in [2.45, 2.75) is 33.7 Å². The molecular weight excluding hydrogens is 242 g/mol. The molecular formula is C14H25N3S. The van der Waals surface area contributed by atoms with Crippen molar-refractivity contribution in [3.05, 3.63) is 16.1 Å². The van der Waals surface area contributed by atoms with Gasteiger partial charge in [0.25, 0.3) is 0 Å². The van der Waals surface area contributed by atoms with Crippen molar-refractivity contribution >= 4 is 11.3 Å². The summed E-state index contributed by atoms with van der Waals surface area (Å²) in [5.41, 5.74) is 3.17. The van der Waals surface area contributed by atoms with Crippen LogP contribution in [-0.4, -0.2) is 36.1 Å². The third-order valence-corrected chi connectivity index (χ3v) is 4.43. The predicted molar refractivity (Wildman–Crippen MR) is 77.9 cm³/mol. The van der Waals surface area contributed by atoms with E-state index in [1.807, 2.05) is 5.51 Å². The molecule has 0 amide bonds. The molecule has 1 aromatic rings. The first kappa shape index (κ1) is 14.0. The zero-order chi connectivity index (χ0) is 13.0. The Bertz CT molecular complexity index is 356. The van der Waals surface area contributed by atoms with Gasteiger partial charge in [0.15, 0.2) is 0 Å². The van der Waals surface area contributed by atoms with E-state index in [0.29, 0.717) is 0 Å². The van der Waals surface area contributed by atoms with Crippen molar-refractivity contribution in [3.63, 3.8) is 0 Å². The molecule has 1 aliphatic heterocycles. The summed E-state index contributed by atoms with van der Waals surface area (Å²) in [5.74, 6) is 1.56. The molecule has 2 heterocycles. The van der Waals surface area contributed by atoms with Crippen LogP contribution in [0.3, 0.4) is 0 Å². The van der Waals surface area contributed by atoms with Crippen molar-refractivity contribution < 1.29 is 0 Å². The lowest BCUT2D eigenvalue weighted by molar-refractivity contribution is 0.207. The molecule has 4 heteroatoms. The van der Waals surface area contributed by atoms with Crippen molar-refractivity contribution in [1.82, 2.24) is 15.2 Å². The molecule has 0 aliphatic carbocycles. The monoisotopic (exact) mass is 267 g/mol. The summed E-state index contributed by atoms with van der Waals surface area (Å²) in [5, 5.41) is 3.46. The van der Waals surface area contributed by atoms with E-state index in [1.165, 1.54) is 43.2 Å². The second-order valence-corrected chi connectivity index (χ2v) is 6.75. The normalized spacial score (nSPS) is 20.2. The Kier molecular flexibility index (Phi) is 5.15. The third kappa shape index (κ3) is 4.04. The topological polar surface area (TPSA) is 28.2 Å². The number of hydrogen-bond donors (Lipinski definition) is 1. The molecule has 0 radical (unpaired) electrons. The Morgan fingerprint density at radius 2 is 2.39 bits per heavy atom. The summed E-state index contributed by atoms with van der Waals surface area (Å²) in [4.78, 5) is 8.41. The van der Waals surface area contributed by atoms with Gasteiger partial charge in [0.05, 0.1) is 11.2 Å². The summed E-state index contributed by atoms with van der Waals surface area (Å²) in [7, 11) is 0. The zero-order valence-corrected chi connectivity index (χ0v) is 12.6. The maximum Gasteiger partial charge on any atom is 0.0798 e. The van der Waals surface area contributed by atoms with Gasteiger partial charge in [-0.15, -0.1) is 11.3 Å². The van der Waals surface area contributed by atoms with Gasteiger partial charge in [-0.05, 0) is 38.3 Å². The fourth-order valence-corrected chi connectivity index (χ4v) is 3.45. The quantitative estimate of drug-likeness (QED) is 0.858. The van der Waals surface area contributed by atoms with Crippen LogP contribution in [0.25, 0.3) is 0 Å². The van der Waals surface area contributed by atoms with Crippen LogP contribution < -0.4 is 5.32 Å². The average Bonchev–Trinajstić information content (AvgIpc) is 2.91. The number of hydrogen-bond acceptors (Lipinski definition) is 4. The average molecular weight is 267 g/mol. The minimum atomic E-state index is 0.729. The van der Waals surface area contributed by atoms with Crippen LogP contribution in [0.1, 0.15) is 30.8 Å². The van der Waals surface area contributed by atoms with Crippen LogP contribution in [0.15, 0.2) is 5.51 Å². The molecule has 3 nitrogen and oxygen atoms in total. The first-order valence-corrected chi connectivity index (χ1v) is 7.85. The smallest absolute Gasteiger partial charge is 0.0798 e. The van der Waals surface area contributed by atoms with Gasteiger partial charge >= 0.3 is 0 Å². The van der Waals surface area contributed by atoms with Gasteiger partial charge in [0.1, 0.15) is 0 Å². The standard InChI is InChI=1S/C14H25N3S/c1-11(2)7-17(8-13-4-5-15-6-13)9-14-12(3)16-10-18-14/h10-11,13,15H,4-9H2,1-3H3. The first-order valence-electron chi connectivity index (χ1n) is 6.97. The maximum atomic E-state index is 4.36. The molecule has 1 aliphatic rings. The van der Waals surface area contributed by atoms with Crippen molar-refractivity contribution in [1.29, 1.82) is 0 Å². The van der Waals surface area contributed by atoms with Gasteiger partial charge in [0, 0.05) is 24.5 Å². The third-order valence-electron chi connectivity index (χ3n) is 3.51. The zero-order valence-electron chi connectivity index (χ0n) is 11.8. The molecule has 0 bridgehead atoms. The lowest BCUT2D eigenvalue weighted by Gasteiger charge is -2.26. The fourth-order valence-electron chi connectivity index (χ4n) is 2.64. The van der Waals surface area contributed by atoms with Crippen LogP contribution in [0.5, 0.6) is 0 Å². The Morgan fingerprint density at radius 1 is 1.56 bits per heavy atom. The molecule has 2 rings (SSSR count). The highest BCUT2D eigenvalue weighted by Gasteiger charge is 2.19. The minimum Gasteiger partial charge on any atom is -0.316 e. The number of nitrogens with zero attached hydrogens (tertiary/aromatic N) is 2. The van der Waals surface area contributed by atoms with Gasteiger partial charge in [0.2, 0.25) is 0 Å². The molecule has 1 N–H and O–H groups in total. The molecule has 1 aromatic heterocycles. The van der Waals surface area contributed by atoms with Gasteiger partial charge in [-0.3, -0.25) is 4.90 Å². The molecule has 1 atom stereocenters. The minimum absolute atomic E-state index is 0.729. The molecule has 0 spiro atoms. The van der Waals surface area contributed by atoms with Crippen molar-refractivity contribution in [2.75, 3.05) is 26.2 Å². The van der Waals surface area contributed by atoms with Gasteiger partial charge < -0.3 is 5.32 Å². The summed E-state index contributed by atoms with van der Waals surface area (Å²) >= 11 is 1.79. The highest BCUT2D eigenvalue weighted by Crippen LogP contribution is 2.18. The largest absolute Gasteiger partial charge is 0.316 e. The number of aromatic nitrogens is 1. The first-order chi connectivity index (χ1) is 8.65. The lowest BCUT2D eigenvalue weighted by Crippen LogP contribution is -2.33. The number of aryl methyl sites for hydroxylation is 1. The molecule has 18 heavy (non-hydrogen) atoms. The summed E-state index contributed by atoms with van der Waals surface area (Å²) in [6.07, 6.45) is 1.33. The number of rotatable bonds is 6. The van der Waals surface area contributed by atoms with E-state index >= 15 is 0 Å². The fraction of sp³-hybridized carbons (Fsp3) is 0.786. The van der Waals surface area contributed by atoms with Crippen LogP contribution in [-0.2, 0) is 6.54 Å². The van der Waals surface area contributed by atoms with Crippen LogP contribution in [0.2, 0.25) is 0 Å². The van der Waals surface area contributed by atoms with E-state index < -0.39 is 0 Å². The molecule has 102 valence electrons. The molecule has 1 unspecified atom stereocenters. The second-order valence-electron chi connectivity index (χ2n) is 5.81. The number of thiazole rings is 1. The van der Waals surface area contributed by atoms with Gasteiger partial charge in [-0.2, -0.15) is 0 Å². The van der Waals surface area contributed by atoms with E-state index in [2.05, 4.69) is 36.0 Å². The van der Waals surface area contributed by atoms with E-state index in [4.69, 9.17) is 0 Å². The Labute approximate surface area is 115 Å². The van der Waals surface area contributed by atoms with E-state index in [-0.39, 0.29) is 0 Å². The molecule has 1 fully saturated rings. The Balaban J connectivity index is 1.93. The molecule has 0 aromatic carbocycles. The van der Waals surface area contributed by atoms with Gasteiger partial charge in [-0.25, -0.2) is 4.98 Å². The molecule has 0 saturated carbocycles. The van der Waals surface area contributed by atoms with E-state index in [0.717, 1.165) is 18.4 Å². The van der Waals surface area contributed by atoms with Crippen LogP contribution in [0, 0.1) is 18.8 Å². The summed E-state index contributed by atoms with van der Waals surface area (Å²) in [6.45, 7) is 12.6. The lowest BCUT2D eigenvalue weighted by atomic mass is 10.1. The summed E-state index contributed by atoms with van der Waals surface area (Å²) < 4.78 is 0. The predicted octanol–water partition coefficient (Wildman–Crippen LogP) is 2.52. The Hall–Kier alpha value is -0.450. The van der Waals surface area contributed by atoms with E-state index in [9.17, 15) is 0 Å². The van der Waals surface area contributed by atoms with Crippen molar-refractivity contribution in [3.8, 4) is 0 Å². The maximum absolute atomic E-state index is 4.36. The highest BCUT2D eigenvalue weighted by atomic mass is 32.1. The van der Waals surface area contributed by atoms with Crippen LogP contribution >= 0.6 is 11.3 Å². The Morgan fingerprint density at radius 3 is 2.94 bits per heavy atom. The highest BCUT2D eigenvalue weighted by molar-refractivity contribution is 7.09. The molecule has 1 saturated heterocycles. The van der Waals surface area contributed by atoms with Crippen molar-refractivity contribution in [2.24, 2.45) is 11.8 Å². The SMILES string of the molecule is Cc1ncsc1CN(CC(C)C)CC1CCNC1. The van der Waals surface area contributed by atoms with Crippen LogP contribution in [0.4, 0.5) is 0 Å². The summed E-state index contributed by atoms with van der Waals surface area (Å²) in [6, 6.07) is 0. The second kappa shape index (κ2) is 6.64.